The van der Waals surface area contributed by atoms with Crippen LogP contribution in [0.5, 0.6) is 5.75 Å². The first-order valence-corrected chi connectivity index (χ1v) is 5.38. The molecule has 2 rings (SSSR count). The summed E-state index contributed by atoms with van der Waals surface area (Å²) in [5, 5.41) is 3.83. The van der Waals surface area contributed by atoms with Crippen LogP contribution in [0.15, 0.2) is 27.2 Å². The van der Waals surface area contributed by atoms with E-state index in [2.05, 4.69) is 21.1 Å². The molecule has 0 N–H and O–H groups in total. The molecule has 5 heteroatoms. The molecule has 0 spiro atoms. The van der Waals surface area contributed by atoms with E-state index in [0.717, 1.165) is 0 Å². The molecular formula is C11H9BrFNO2. The average Bonchev–Trinajstić information content (AvgIpc) is 2.63. The number of aryl methyl sites for hydroxylation is 1. The Morgan fingerprint density at radius 2 is 2.12 bits per heavy atom. The molecule has 16 heavy (non-hydrogen) atoms. The van der Waals surface area contributed by atoms with Crippen molar-refractivity contribution in [1.82, 2.24) is 5.16 Å². The number of nitrogens with zero attached hydrogens (tertiary/aromatic N) is 1. The van der Waals surface area contributed by atoms with Crippen molar-refractivity contribution < 1.29 is 13.7 Å². The summed E-state index contributed by atoms with van der Waals surface area (Å²) in [4.78, 5) is 0. The molecule has 2 aromatic rings. The molecule has 0 saturated carbocycles. The van der Waals surface area contributed by atoms with Gasteiger partial charge in [0.2, 0.25) is 0 Å². The third-order valence-electron chi connectivity index (χ3n) is 2.12. The first kappa shape index (κ1) is 11.1. The summed E-state index contributed by atoms with van der Waals surface area (Å²) >= 11 is 3.24. The van der Waals surface area contributed by atoms with Crippen LogP contribution >= 0.6 is 15.9 Å². The van der Waals surface area contributed by atoms with Gasteiger partial charge in [-0.3, -0.25) is 0 Å². The molecule has 0 atom stereocenters. The summed E-state index contributed by atoms with van der Waals surface area (Å²) in [7, 11) is 1.52. The molecule has 0 fully saturated rings. The number of benzene rings is 1. The Kier molecular flexibility index (Phi) is 2.96. The Bertz CT molecular complexity index is 525. The van der Waals surface area contributed by atoms with Gasteiger partial charge in [-0.2, -0.15) is 0 Å². The molecule has 1 heterocycles. The lowest BCUT2D eigenvalue weighted by Gasteiger charge is -2.08. The SMILES string of the molecule is COc1c(Br)cc(F)cc1-c1cc(C)on1. The molecule has 0 aliphatic rings. The number of hydrogen-bond donors (Lipinski definition) is 0. The Hall–Kier alpha value is -1.36. The van der Waals surface area contributed by atoms with E-state index in [0.29, 0.717) is 27.2 Å². The summed E-state index contributed by atoms with van der Waals surface area (Å²) in [5.74, 6) is 0.843. The normalized spacial score (nSPS) is 10.5. The van der Waals surface area contributed by atoms with Crippen molar-refractivity contribution in [3.8, 4) is 17.0 Å². The zero-order valence-corrected chi connectivity index (χ0v) is 10.3. The van der Waals surface area contributed by atoms with Crippen LogP contribution in [0.1, 0.15) is 5.76 Å². The standard InChI is InChI=1S/C11H9BrFNO2/c1-6-3-10(14-16-6)8-4-7(13)5-9(12)11(8)15-2/h3-5H,1-2H3. The number of rotatable bonds is 2. The minimum absolute atomic E-state index is 0.358. The lowest BCUT2D eigenvalue weighted by Crippen LogP contribution is -1.91. The van der Waals surface area contributed by atoms with Gasteiger partial charge in [-0.1, -0.05) is 5.16 Å². The molecule has 0 radical (unpaired) electrons. The van der Waals surface area contributed by atoms with Crippen LogP contribution in [-0.2, 0) is 0 Å². The smallest absolute Gasteiger partial charge is 0.142 e. The van der Waals surface area contributed by atoms with Gasteiger partial charge in [-0.05, 0) is 35.0 Å². The predicted octanol–water partition coefficient (Wildman–Crippen LogP) is 3.56. The van der Waals surface area contributed by atoms with Gasteiger partial charge in [0.15, 0.2) is 0 Å². The summed E-state index contributed by atoms with van der Waals surface area (Å²) in [6, 6.07) is 4.43. The van der Waals surface area contributed by atoms with Gasteiger partial charge < -0.3 is 9.26 Å². The monoisotopic (exact) mass is 285 g/mol. The van der Waals surface area contributed by atoms with Crippen molar-refractivity contribution in [3.63, 3.8) is 0 Å². The second-order valence-electron chi connectivity index (χ2n) is 3.29. The van der Waals surface area contributed by atoms with Gasteiger partial charge in [-0.25, -0.2) is 4.39 Å². The number of halogens is 2. The van der Waals surface area contributed by atoms with Crippen LogP contribution in [0.2, 0.25) is 0 Å². The first-order chi connectivity index (χ1) is 7.61. The van der Waals surface area contributed by atoms with Crippen molar-refractivity contribution in [3.05, 3.63) is 34.2 Å². The van der Waals surface area contributed by atoms with E-state index in [1.165, 1.54) is 19.2 Å². The zero-order chi connectivity index (χ0) is 11.7. The Morgan fingerprint density at radius 3 is 2.69 bits per heavy atom. The second-order valence-corrected chi connectivity index (χ2v) is 4.15. The number of hydrogen-bond acceptors (Lipinski definition) is 3. The summed E-state index contributed by atoms with van der Waals surface area (Å²) in [6.07, 6.45) is 0. The predicted molar refractivity (Wildman–Crippen MR) is 60.9 cm³/mol. The van der Waals surface area contributed by atoms with Crippen LogP contribution in [0.3, 0.4) is 0 Å². The van der Waals surface area contributed by atoms with Crippen LogP contribution in [0, 0.1) is 12.7 Å². The highest BCUT2D eigenvalue weighted by Gasteiger charge is 2.14. The summed E-state index contributed by atoms with van der Waals surface area (Å²) in [6.45, 7) is 1.78. The highest BCUT2D eigenvalue weighted by atomic mass is 79.9. The van der Waals surface area contributed by atoms with Crippen LogP contribution in [-0.4, -0.2) is 12.3 Å². The van der Waals surface area contributed by atoms with Crippen molar-refractivity contribution in [2.24, 2.45) is 0 Å². The molecule has 0 bridgehead atoms. The van der Waals surface area contributed by atoms with E-state index in [1.807, 2.05) is 0 Å². The third-order valence-corrected chi connectivity index (χ3v) is 2.71. The minimum atomic E-state index is -0.358. The fraction of sp³-hybridized carbons (Fsp3) is 0.182. The van der Waals surface area contributed by atoms with Gasteiger partial charge in [-0.15, -0.1) is 0 Å². The van der Waals surface area contributed by atoms with Crippen LogP contribution < -0.4 is 4.74 Å². The quantitative estimate of drug-likeness (QED) is 0.846. The van der Waals surface area contributed by atoms with E-state index < -0.39 is 0 Å². The van der Waals surface area contributed by atoms with Crippen molar-refractivity contribution in [1.29, 1.82) is 0 Å². The number of aromatic nitrogens is 1. The largest absolute Gasteiger partial charge is 0.495 e. The van der Waals surface area contributed by atoms with E-state index in [-0.39, 0.29) is 5.82 Å². The third kappa shape index (κ3) is 1.95. The van der Waals surface area contributed by atoms with E-state index in [9.17, 15) is 4.39 Å². The number of methoxy groups -OCH3 is 1. The average molecular weight is 286 g/mol. The van der Waals surface area contributed by atoms with Crippen LogP contribution in [0.25, 0.3) is 11.3 Å². The lowest BCUT2D eigenvalue weighted by molar-refractivity contribution is 0.396. The Labute approximate surface area is 100 Å². The molecule has 0 unspecified atom stereocenters. The lowest BCUT2D eigenvalue weighted by atomic mass is 10.1. The van der Waals surface area contributed by atoms with E-state index in [4.69, 9.17) is 9.26 Å². The molecule has 0 aliphatic carbocycles. The summed E-state index contributed by atoms with van der Waals surface area (Å²) in [5.41, 5.74) is 1.11. The van der Waals surface area contributed by atoms with Crippen molar-refractivity contribution >= 4 is 15.9 Å². The molecular weight excluding hydrogens is 277 g/mol. The van der Waals surface area contributed by atoms with Gasteiger partial charge in [0.05, 0.1) is 11.6 Å². The van der Waals surface area contributed by atoms with Gasteiger partial charge in [0.25, 0.3) is 0 Å². The highest BCUT2D eigenvalue weighted by molar-refractivity contribution is 9.10. The van der Waals surface area contributed by atoms with Crippen molar-refractivity contribution in [2.45, 2.75) is 6.92 Å². The fourth-order valence-corrected chi connectivity index (χ4v) is 2.05. The van der Waals surface area contributed by atoms with Gasteiger partial charge >= 0.3 is 0 Å². The fourth-order valence-electron chi connectivity index (χ4n) is 1.45. The van der Waals surface area contributed by atoms with Crippen LogP contribution in [0.4, 0.5) is 4.39 Å². The molecule has 0 saturated heterocycles. The maximum absolute atomic E-state index is 13.3. The maximum atomic E-state index is 13.3. The molecule has 0 aliphatic heterocycles. The zero-order valence-electron chi connectivity index (χ0n) is 8.75. The molecule has 1 aromatic heterocycles. The molecule has 1 aromatic carbocycles. The summed E-state index contributed by atoms with van der Waals surface area (Å²) < 4.78 is 24.0. The highest BCUT2D eigenvalue weighted by Crippen LogP contribution is 2.36. The Balaban J connectivity index is 2.63. The van der Waals surface area contributed by atoms with E-state index in [1.54, 1.807) is 13.0 Å². The molecule has 3 nitrogen and oxygen atoms in total. The molecule has 0 amide bonds. The molecule has 84 valence electrons. The van der Waals surface area contributed by atoms with Gasteiger partial charge in [0, 0.05) is 11.6 Å². The van der Waals surface area contributed by atoms with E-state index >= 15 is 0 Å². The minimum Gasteiger partial charge on any atom is -0.495 e. The second kappa shape index (κ2) is 4.25. The Morgan fingerprint density at radius 1 is 1.38 bits per heavy atom. The number of ether oxygens (including phenoxy) is 1. The van der Waals surface area contributed by atoms with Gasteiger partial charge in [0.1, 0.15) is 23.0 Å². The first-order valence-electron chi connectivity index (χ1n) is 4.58. The topological polar surface area (TPSA) is 35.3 Å². The van der Waals surface area contributed by atoms with Crippen molar-refractivity contribution in [2.75, 3.05) is 7.11 Å². The maximum Gasteiger partial charge on any atom is 0.142 e.